The zero-order chi connectivity index (χ0) is 8.36. The molecular formula is C6H14NO3+. The number of carboxylic acid groups (broad SMARTS) is 1. The van der Waals surface area contributed by atoms with Crippen molar-refractivity contribution in [2.45, 2.75) is 6.04 Å². The van der Waals surface area contributed by atoms with E-state index in [0.717, 1.165) is 0 Å². The molecule has 0 aliphatic rings. The Morgan fingerprint density at radius 3 is 1.90 bits per heavy atom. The number of hydrogen-bond acceptors (Lipinski definition) is 2. The first-order chi connectivity index (χ1) is 4.39. The minimum Gasteiger partial charge on any atom is -0.477 e. The summed E-state index contributed by atoms with van der Waals surface area (Å²) in [6.45, 7) is -0.321. The summed E-state index contributed by atoms with van der Waals surface area (Å²) >= 11 is 0. The molecule has 0 aromatic rings. The molecule has 0 aliphatic carbocycles. The number of likely N-dealkylation sites (N-methyl/N-ethyl adjacent to an activating group) is 1. The first kappa shape index (κ1) is 9.39. The van der Waals surface area contributed by atoms with E-state index < -0.39 is 12.0 Å². The van der Waals surface area contributed by atoms with Crippen LogP contribution in [0.2, 0.25) is 0 Å². The topological polar surface area (TPSA) is 57.5 Å². The van der Waals surface area contributed by atoms with Crippen LogP contribution in [-0.4, -0.2) is 54.5 Å². The lowest BCUT2D eigenvalue weighted by atomic mass is 10.2. The van der Waals surface area contributed by atoms with Gasteiger partial charge in [-0.2, -0.15) is 0 Å². The molecule has 0 saturated heterocycles. The largest absolute Gasteiger partial charge is 0.477 e. The molecule has 0 saturated carbocycles. The molecule has 4 nitrogen and oxygen atoms in total. The zero-order valence-corrected chi connectivity index (χ0v) is 6.53. The standard InChI is InChI=1S/C6H13NO3/c1-7(2,3)5(4-8)6(9)10/h5,8H,4H2,1-3H3/p+1/t5-/m0/s1. The normalized spacial score (nSPS) is 14.8. The molecule has 0 spiro atoms. The highest BCUT2D eigenvalue weighted by molar-refractivity contribution is 5.72. The summed E-state index contributed by atoms with van der Waals surface area (Å²) in [6.07, 6.45) is 0. The second-order valence-corrected chi connectivity index (χ2v) is 3.15. The van der Waals surface area contributed by atoms with Crippen LogP contribution in [0.5, 0.6) is 0 Å². The highest BCUT2D eigenvalue weighted by atomic mass is 16.4. The molecule has 10 heavy (non-hydrogen) atoms. The zero-order valence-electron chi connectivity index (χ0n) is 6.53. The van der Waals surface area contributed by atoms with Crippen LogP contribution < -0.4 is 0 Å². The molecule has 0 bridgehead atoms. The quantitative estimate of drug-likeness (QED) is 0.512. The van der Waals surface area contributed by atoms with Gasteiger partial charge in [0, 0.05) is 0 Å². The van der Waals surface area contributed by atoms with E-state index in [-0.39, 0.29) is 11.1 Å². The van der Waals surface area contributed by atoms with Crippen molar-refractivity contribution in [2.75, 3.05) is 27.7 Å². The van der Waals surface area contributed by atoms with Gasteiger partial charge in [0.25, 0.3) is 0 Å². The Morgan fingerprint density at radius 1 is 1.50 bits per heavy atom. The molecule has 0 unspecified atom stereocenters. The van der Waals surface area contributed by atoms with Crippen LogP contribution in [0.3, 0.4) is 0 Å². The number of rotatable bonds is 3. The van der Waals surface area contributed by atoms with Crippen molar-refractivity contribution in [1.82, 2.24) is 0 Å². The van der Waals surface area contributed by atoms with Crippen LogP contribution >= 0.6 is 0 Å². The van der Waals surface area contributed by atoms with Gasteiger partial charge < -0.3 is 14.7 Å². The number of hydrogen-bond donors (Lipinski definition) is 2. The third-order valence-electron chi connectivity index (χ3n) is 1.39. The number of aliphatic hydroxyl groups excluding tert-OH is 1. The Balaban J connectivity index is 4.22. The van der Waals surface area contributed by atoms with E-state index >= 15 is 0 Å². The maximum Gasteiger partial charge on any atom is 0.365 e. The van der Waals surface area contributed by atoms with Gasteiger partial charge in [-0.1, -0.05) is 0 Å². The highest BCUT2D eigenvalue weighted by Gasteiger charge is 2.29. The second-order valence-electron chi connectivity index (χ2n) is 3.15. The molecule has 0 amide bonds. The van der Waals surface area contributed by atoms with Gasteiger partial charge in [-0.05, 0) is 0 Å². The molecule has 0 aromatic heterocycles. The van der Waals surface area contributed by atoms with Gasteiger partial charge >= 0.3 is 5.97 Å². The lowest BCUT2D eigenvalue weighted by Gasteiger charge is -2.29. The monoisotopic (exact) mass is 148 g/mol. The summed E-state index contributed by atoms with van der Waals surface area (Å²) in [5.41, 5.74) is 0. The Morgan fingerprint density at radius 2 is 1.90 bits per heavy atom. The molecule has 0 radical (unpaired) electrons. The van der Waals surface area contributed by atoms with Crippen molar-refractivity contribution in [3.05, 3.63) is 0 Å². The average Bonchev–Trinajstić information content (AvgIpc) is 1.60. The van der Waals surface area contributed by atoms with E-state index in [9.17, 15) is 4.79 Å². The van der Waals surface area contributed by atoms with Crippen molar-refractivity contribution < 1.29 is 19.5 Å². The number of quaternary nitrogens is 1. The SMILES string of the molecule is C[N+](C)(C)[C@@H](CO)C(=O)O. The Hall–Kier alpha value is -0.610. The predicted molar refractivity (Wildman–Crippen MR) is 36.5 cm³/mol. The Labute approximate surface area is 60.3 Å². The lowest BCUT2D eigenvalue weighted by Crippen LogP contribution is -2.51. The fraction of sp³-hybridized carbons (Fsp3) is 0.833. The third-order valence-corrected chi connectivity index (χ3v) is 1.39. The van der Waals surface area contributed by atoms with Crippen LogP contribution in [0.25, 0.3) is 0 Å². The molecule has 2 N–H and O–H groups in total. The first-order valence-corrected chi connectivity index (χ1v) is 3.04. The molecule has 0 rings (SSSR count). The van der Waals surface area contributed by atoms with Crippen molar-refractivity contribution in [3.8, 4) is 0 Å². The highest BCUT2D eigenvalue weighted by Crippen LogP contribution is 2.01. The molecular weight excluding hydrogens is 134 g/mol. The summed E-state index contributed by atoms with van der Waals surface area (Å²) in [5, 5.41) is 17.2. The Bertz CT molecular complexity index is 127. The van der Waals surface area contributed by atoms with E-state index in [1.165, 1.54) is 0 Å². The second kappa shape index (κ2) is 2.98. The van der Waals surface area contributed by atoms with E-state index in [2.05, 4.69) is 0 Å². The number of aliphatic carboxylic acids is 1. The van der Waals surface area contributed by atoms with E-state index in [1.54, 1.807) is 21.1 Å². The third kappa shape index (κ3) is 2.33. The van der Waals surface area contributed by atoms with E-state index in [1.807, 2.05) is 0 Å². The molecule has 4 heteroatoms. The summed E-state index contributed by atoms with van der Waals surface area (Å²) in [5.74, 6) is -0.963. The van der Waals surface area contributed by atoms with Crippen LogP contribution in [-0.2, 0) is 4.79 Å². The van der Waals surface area contributed by atoms with Crippen molar-refractivity contribution in [2.24, 2.45) is 0 Å². The Kier molecular flexibility index (Phi) is 2.80. The summed E-state index contributed by atoms with van der Waals surface area (Å²) in [7, 11) is 5.19. The van der Waals surface area contributed by atoms with Crippen molar-refractivity contribution in [1.29, 1.82) is 0 Å². The smallest absolute Gasteiger partial charge is 0.365 e. The summed E-state index contributed by atoms with van der Waals surface area (Å²) in [6, 6.07) is -0.722. The predicted octanol–water partition coefficient (Wildman–Crippen LogP) is -0.862. The average molecular weight is 148 g/mol. The van der Waals surface area contributed by atoms with Gasteiger partial charge in [-0.15, -0.1) is 0 Å². The molecule has 0 fully saturated rings. The minimum absolute atomic E-state index is 0.242. The molecule has 60 valence electrons. The fourth-order valence-electron chi connectivity index (χ4n) is 0.654. The number of carbonyl (C=O) groups is 1. The van der Waals surface area contributed by atoms with Gasteiger partial charge in [0.15, 0.2) is 0 Å². The van der Waals surface area contributed by atoms with Crippen LogP contribution in [0.4, 0.5) is 0 Å². The first-order valence-electron chi connectivity index (χ1n) is 3.04. The minimum atomic E-state index is -0.963. The maximum absolute atomic E-state index is 10.4. The van der Waals surface area contributed by atoms with Gasteiger partial charge in [0.05, 0.1) is 21.1 Å². The van der Waals surface area contributed by atoms with E-state index in [0.29, 0.717) is 0 Å². The van der Waals surface area contributed by atoms with Gasteiger partial charge in [0.2, 0.25) is 6.04 Å². The molecule has 0 heterocycles. The van der Waals surface area contributed by atoms with Crippen molar-refractivity contribution >= 4 is 5.97 Å². The summed E-state index contributed by atoms with van der Waals surface area (Å²) < 4.78 is 0.242. The van der Waals surface area contributed by atoms with Gasteiger partial charge in [-0.3, -0.25) is 0 Å². The number of carboxylic acids is 1. The molecule has 0 aliphatic heterocycles. The number of aliphatic hydroxyl groups is 1. The van der Waals surface area contributed by atoms with E-state index in [4.69, 9.17) is 10.2 Å². The van der Waals surface area contributed by atoms with Gasteiger partial charge in [0.1, 0.15) is 6.61 Å². The van der Waals surface area contributed by atoms with Gasteiger partial charge in [-0.25, -0.2) is 4.79 Å². The number of nitrogens with zero attached hydrogens (tertiary/aromatic N) is 1. The molecule has 1 atom stereocenters. The van der Waals surface area contributed by atoms with Crippen LogP contribution in [0, 0.1) is 0 Å². The van der Waals surface area contributed by atoms with Crippen molar-refractivity contribution in [3.63, 3.8) is 0 Å². The molecule has 0 aromatic carbocycles. The maximum atomic E-state index is 10.4. The van der Waals surface area contributed by atoms with Crippen LogP contribution in [0.15, 0.2) is 0 Å². The lowest BCUT2D eigenvalue weighted by molar-refractivity contribution is -0.887. The summed E-state index contributed by atoms with van der Waals surface area (Å²) in [4.78, 5) is 10.4. The fourth-order valence-corrected chi connectivity index (χ4v) is 0.654. The van der Waals surface area contributed by atoms with Crippen LogP contribution in [0.1, 0.15) is 0 Å².